The topological polar surface area (TPSA) is 197 Å². The van der Waals surface area contributed by atoms with Gasteiger partial charge in [-0.25, -0.2) is 19.1 Å². The molecule has 0 amide bonds. The number of hydrogen-bond acceptors (Lipinski definition) is 10. The zero-order valence-corrected chi connectivity index (χ0v) is 25.6. The maximum Gasteiger partial charge on any atom is 2.00 e. The Morgan fingerprint density at radius 2 is 1.11 bits per heavy atom. The van der Waals surface area contributed by atoms with Crippen molar-refractivity contribution in [2.24, 2.45) is 0 Å². The normalized spacial score (nSPS) is 11.1. The smallest absolute Gasteiger partial charge is 1.00 e. The molecule has 0 fully saturated rings. The summed E-state index contributed by atoms with van der Waals surface area (Å²) in [6.07, 6.45) is 2.37. The average Bonchev–Trinajstić information content (AvgIpc) is 3.36. The van der Waals surface area contributed by atoms with Crippen LogP contribution >= 0.6 is 0 Å². The fourth-order valence-electron chi connectivity index (χ4n) is 2.43. The van der Waals surface area contributed by atoms with Crippen LogP contribution in [0.1, 0.15) is 25.5 Å². The van der Waals surface area contributed by atoms with Crippen LogP contribution < -0.4 is 24.8 Å². The minimum atomic E-state index is -0.742. The third-order valence-electron chi connectivity index (χ3n) is 4.27. The number of nitrogens with zero attached hydrogens (tertiary/aromatic N) is 6. The van der Waals surface area contributed by atoms with Crippen molar-refractivity contribution in [3.8, 4) is 0 Å². The quantitative estimate of drug-likeness (QED) is 0.130. The van der Waals surface area contributed by atoms with Crippen LogP contribution in [-0.4, -0.2) is 83.8 Å². The molecule has 2 aromatic rings. The predicted molar refractivity (Wildman–Crippen MR) is 129 cm³/mol. The first kappa shape index (κ1) is 42.7. The Kier molecular flexibility index (Phi) is 27.4. The van der Waals surface area contributed by atoms with Gasteiger partial charge in [-0.1, -0.05) is 13.8 Å². The molecule has 0 bridgehead atoms. The molecule has 216 valence electrons. The molecule has 2 aromatic heterocycles. The van der Waals surface area contributed by atoms with Crippen LogP contribution in [0.5, 0.6) is 0 Å². The zero-order chi connectivity index (χ0) is 26.3. The molecule has 0 spiro atoms. The monoisotopic (exact) mass is 696 g/mol. The third-order valence-corrected chi connectivity index (χ3v) is 7.14. The second-order valence-corrected chi connectivity index (χ2v) is 10.2. The van der Waals surface area contributed by atoms with E-state index in [1.807, 2.05) is 13.8 Å². The molecule has 0 aromatic carbocycles. The van der Waals surface area contributed by atoms with Gasteiger partial charge in [0.2, 0.25) is 0 Å². The van der Waals surface area contributed by atoms with Crippen LogP contribution in [-0.2, 0) is 54.2 Å². The van der Waals surface area contributed by atoms with Crippen LogP contribution in [0.4, 0.5) is 11.6 Å². The van der Waals surface area contributed by atoms with Crippen LogP contribution in [0, 0.1) is 34.1 Å². The van der Waals surface area contributed by atoms with E-state index in [0.717, 1.165) is 0 Å². The Balaban J connectivity index is -0.000000213. The molecule has 0 unspecified atom stereocenters. The Morgan fingerprint density at radius 1 is 0.811 bits per heavy atom. The molecule has 0 aliphatic carbocycles. The summed E-state index contributed by atoms with van der Waals surface area (Å²) in [5.41, 5.74) is 0. The van der Waals surface area contributed by atoms with Crippen molar-refractivity contribution in [1.29, 1.82) is 0 Å². The number of halogens is 2. The van der Waals surface area contributed by atoms with Crippen molar-refractivity contribution in [2.75, 3.05) is 36.2 Å². The molecular weight excluding hydrogens is 664 g/mol. The molecule has 0 aliphatic rings. The van der Waals surface area contributed by atoms with Gasteiger partial charge in [-0.3, -0.25) is 8.42 Å². The van der Waals surface area contributed by atoms with Gasteiger partial charge in [0, 0.05) is 58.5 Å². The van der Waals surface area contributed by atoms with Gasteiger partial charge in [0.1, 0.15) is 25.5 Å². The number of aromatic nitrogens is 4. The SMILES string of the molecule is CC[S@](=O)CC[S@@](=O)CC.Cc1ncc([N+](=O)[O-])n1CCO.Cc1ncc([N+](=O)[O-])n1CCO.[Cl-].[Cl-].[Ru+2]. The number of nitro groups is 2. The predicted octanol–water partition coefficient (Wildman–Crippen LogP) is -5.29. The molecule has 2 atom stereocenters. The van der Waals surface area contributed by atoms with E-state index in [1.54, 1.807) is 13.8 Å². The summed E-state index contributed by atoms with van der Waals surface area (Å²) in [5.74, 6) is 3.46. The second-order valence-electron chi connectivity index (χ2n) is 6.46. The van der Waals surface area contributed by atoms with Gasteiger partial charge < -0.3 is 55.3 Å². The van der Waals surface area contributed by atoms with Crippen LogP contribution in [0.25, 0.3) is 0 Å². The van der Waals surface area contributed by atoms with E-state index in [4.69, 9.17) is 10.2 Å². The maximum absolute atomic E-state index is 10.8. The Labute approximate surface area is 245 Å². The molecule has 0 saturated carbocycles. The van der Waals surface area contributed by atoms with Crippen LogP contribution in [0.2, 0.25) is 0 Å². The molecule has 0 radical (unpaired) electrons. The zero-order valence-electron chi connectivity index (χ0n) is 20.8. The van der Waals surface area contributed by atoms with Gasteiger partial charge in [0.05, 0.1) is 13.2 Å². The molecule has 37 heavy (non-hydrogen) atoms. The number of aryl methyl sites for hydroxylation is 2. The van der Waals surface area contributed by atoms with E-state index in [9.17, 15) is 28.6 Å². The Hall–Kier alpha value is -1.36. The minimum absolute atomic E-state index is 0. The maximum atomic E-state index is 10.8. The average molecular weight is 697 g/mol. The molecule has 0 aliphatic heterocycles. The number of imidazole rings is 2. The molecular formula is C18H32Cl2N6O8RuS2. The molecule has 0 saturated heterocycles. The molecule has 19 heteroatoms. The number of hydrogen-bond donors (Lipinski definition) is 2. The summed E-state index contributed by atoms with van der Waals surface area (Å²) in [6, 6.07) is 0. The van der Waals surface area contributed by atoms with E-state index in [1.165, 1.54) is 21.5 Å². The Bertz CT molecular complexity index is 904. The van der Waals surface area contributed by atoms with Gasteiger partial charge in [0.25, 0.3) is 0 Å². The van der Waals surface area contributed by atoms with Gasteiger partial charge >= 0.3 is 31.1 Å². The van der Waals surface area contributed by atoms with Crippen molar-refractivity contribution in [3.63, 3.8) is 0 Å². The van der Waals surface area contributed by atoms with Gasteiger partial charge in [-0.15, -0.1) is 0 Å². The van der Waals surface area contributed by atoms with E-state index >= 15 is 0 Å². The fourth-order valence-corrected chi connectivity index (χ4v) is 4.50. The number of rotatable bonds is 11. The molecule has 2 rings (SSSR count). The molecule has 14 nitrogen and oxygen atoms in total. The molecule has 2 N–H and O–H groups in total. The van der Waals surface area contributed by atoms with Crippen molar-refractivity contribution in [2.45, 2.75) is 40.8 Å². The number of aliphatic hydroxyl groups excluding tert-OH is 2. The standard InChI is InChI=1S/2C6H9N3O3.C6H14O2S2.2ClH.Ru/c2*1-5-7-4-6(9(11)12)8(5)2-3-10;1-3-9(7)5-6-10(8)4-2;;;/h2*4,10H,2-3H2,1H3;3-6H2,1-2H3;2*1H;/q;;;;;+2/p-2/t;;9-,10-;;;/m..0.../s1. The van der Waals surface area contributed by atoms with Gasteiger partial charge in [-0.2, -0.15) is 0 Å². The largest absolute Gasteiger partial charge is 2.00 e. The first-order valence-electron chi connectivity index (χ1n) is 10.3. The summed E-state index contributed by atoms with van der Waals surface area (Å²) in [5, 5.41) is 37.9. The number of aliphatic hydroxyl groups is 2. The van der Waals surface area contributed by atoms with Crippen molar-refractivity contribution in [1.82, 2.24) is 19.1 Å². The van der Waals surface area contributed by atoms with Gasteiger partial charge in [0.15, 0.2) is 11.6 Å². The third kappa shape index (κ3) is 16.3. The first-order valence-corrected chi connectivity index (χ1v) is 13.3. The van der Waals surface area contributed by atoms with Crippen molar-refractivity contribution >= 4 is 33.2 Å². The second kappa shape index (κ2) is 23.7. The van der Waals surface area contributed by atoms with Crippen LogP contribution in [0.15, 0.2) is 12.4 Å². The van der Waals surface area contributed by atoms with E-state index in [-0.39, 0.29) is 82.2 Å². The summed E-state index contributed by atoms with van der Waals surface area (Å²) in [6.45, 7) is 7.24. The Morgan fingerprint density at radius 3 is 1.32 bits per heavy atom. The van der Waals surface area contributed by atoms with Gasteiger partial charge in [-0.05, 0) is 9.85 Å². The fraction of sp³-hybridized carbons (Fsp3) is 0.667. The van der Waals surface area contributed by atoms with E-state index < -0.39 is 31.4 Å². The van der Waals surface area contributed by atoms with E-state index in [2.05, 4.69) is 9.97 Å². The summed E-state index contributed by atoms with van der Waals surface area (Å²) < 4.78 is 24.3. The van der Waals surface area contributed by atoms with E-state index in [0.29, 0.717) is 34.7 Å². The summed E-state index contributed by atoms with van der Waals surface area (Å²) in [4.78, 5) is 27.2. The summed E-state index contributed by atoms with van der Waals surface area (Å²) in [7, 11) is -1.48. The van der Waals surface area contributed by atoms with Crippen molar-refractivity contribution in [3.05, 3.63) is 44.3 Å². The first-order chi connectivity index (χ1) is 16.0. The van der Waals surface area contributed by atoms with Crippen molar-refractivity contribution < 1.29 is 72.8 Å². The van der Waals surface area contributed by atoms with Crippen LogP contribution in [0.3, 0.4) is 0 Å². The molecule has 2 heterocycles. The minimum Gasteiger partial charge on any atom is -1.00 e. The summed E-state index contributed by atoms with van der Waals surface area (Å²) >= 11 is 0.